The fourth-order valence-corrected chi connectivity index (χ4v) is 4.00. The van der Waals surface area contributed by atoms with Gasteiger partial charge in [-0.3, -0.25) is 0 Å². The molecule has 0 N–H and O–H groups in total. The number of para-hydroxylation sites is 2. The van der Waals surface area contributed by atoms with Gasteiger partial charge in [-0.1, -0.05) is 66.7 Å². The molecule has 0 aromatic heterocycles. The minimum atomic E-state index is -0.282. The highest BCUT2D eigenvalue weighted by atomic mass is 16.6. The van der Waals surface area contributed by atoms with Crippen LogP contribution in [0.1, 0.15) is 23.1 Å². The highest BCUT2D eigenvalue weighted by Crippen LogP contribution is 2.35. The van der Waals surface area contributed by atoms with Crippen molar-refractivity contribution < 1.29 is 9.53 Å². The number of amides is 1. The number of nitrogens with zero attached hydrogens (tertiary/aromatic N) is 2. The molecule has 0 fully saturated rings. The van der Waals surface area contributed by atoms with Crippen molar-refractivity contribution in [1.29, 1.82) is 0 Å². The predicted octanol–water partition coefficient (Wildman–Crippen LogP) is 5.58. The molecular formula is C26H28N2O2. The highest BCUT2D eigenvalue weighted by molar-refractivity contribution is 5.71. The number of hydrogen-bond acceptors (Lipinski definition) is 3. The lowest BCUT2D eigenvalue weighted by atomic mass is 10.0. The molecule has 154 valence electrons. The van der Waals surface area contributed by atoms with Crippen LogP contribution in [0.15, 0.2) is 78.9 Å². The Balaban J connectivity index is 1.38. The number of anilines is 2. The molecule has 0 radical (unpaired) electrons. The third-order valence-corrected chi connectivity index (χ3v) is 5.62. The van der Waals surface area contributed by atoms with E-state index in [2.05, 4.69) is 53.4 Å². The van der Waals surface area contributed by atoms with Crippen LogP contribution in [0.4, 0.5) is 16.2 Å². The molecular weight excluding hydrogens is 372 g/mol. The molecule has 1 aliphatic heterocycles. The molecule has 3 aromatic carbocycles. The molecule has 0 atom stereocenters. The predicted molar refractivity (Wildman–Crippen MR) is 121 cm³/mol. The van der Waals surface area contributed by atoms with Crippen LogP contribution in [-0.2, 0) is 24.2 Å². The summed E-state index contributed by atoms with van der Waals surface area (Å²) >= 11 is 0. The van der Waals surface area contributed by atoms with Crippen molar-refractivity contribution in [2.75, 3.05) is 25.0 Å². The zero-order valence-electron chi connectivity index (χ0n) is 17.5. The van der Waals surface area contributed by atoms with Crippen molar-refractivity contribution in [3.8, 4) is 0 Å². The van der Waals surface area contributed by atoms with Gasteiger partial charge in [0.2, 0.25) is 0 Å². The van der Waals surface area contributed by atoms with Crippen LogP contribution in [0.25, 0.3) is 0 Å². The minimum absolute atomic E-state index is 0.282. The van der Waals surface area contributed by atoms with Crippen molar-refractivity contribution in [1.82, 2.24) is 4.90 Å². The summed E-state index contributed by atoms with van der Waals surface area (Å²) in [5, 5.41) is 0. The molecule has 0 saturated carbocycles. The first-order valence-corrected chi connectivity index (χ1v) is 10.6. The maximum atomic E-state index is 12.3. The van der Waals surface area contributed by atoms with Gasteiger partial charge in [-0.2, -0.15) is 0 Å². The van der Waals surface area contributed by atoms with Gasteiger partial charge in [0.25, 0.3) is 0 Å². The van der Waals surface area contributed by atoms with Crippen LogP contribution in [-0.4, -0.2) is 31.1 Å². The number of ether oxygens (including phenoxy) is 1. The van der Waals surface area contributed by atoms with Crippen molar-refractivity contribution in [3.05, 3.63) is 95.6 Å². The van der Waals surface area contributed by atoms with Crippen LogP contribution in [0.3, 0.4) is 0 Å². The van der Waals surface area contributed by atoms with Gasteiger partial charge < -0.3 is 14.5 Å². The maximum absolute atomic E-state index is 12.3. The average Bonchev–Trinajstić information content (AvgIpc) is 2.95. The van der Waals surface area contributed by atoms with Gasteiger partial charge in [-0.05, 0) is 48.1 Å². The van der Waals surface area contributed by atoms with Crippen LogP contribution >= 0.6 is 0 Å². The molecule has 1 aliphatic rings. The molecule has 1 amide bonds. The van der Waals surface area contributed by atoms with E-state index in [0.717, 1.165) is 31.4 Å². The highest BCUT2D eigenvalue weighted by Gasteiger charge is 2.20. The Bertz CT molecular complexity index is 940. The van der Waals surface area contributed by atoms with Crippen LogP contribution < -0.4 is 4.90 Å². The standard InChI is InChI=1S/C26H28N2O2/c1-27(26(29)30-20-21-10-3-2-4-11-21)18-9-19-28-24-14-7-5-12-22(24)16-17-23-13-6-8-15-25(23)28/h2-8,10-15H,9,16-20H2,1H3. The van der Waals surface area contributed by atoms with Gasteiger partial charge in [-0.25, -0.2) is 4.79 Å². The number of aryl methyl sites for hydroxylation is 2. The van der Waals surface area contributed by atoms with Crippen LogP contribution in [0.5, 0.6) is 0 Å². The quantitative estimate of drug-likeness (QED) is 0.541. The third kappa shape index (κ3) is 4.65. The van der Waals surface area contributed by atoms with E-state index in [1.807, 2.05) is 30.3 Å². The Morgan fingerprint density at radius 2 is 1.43 bits per heavy atom. The Kier molecular flexibility index (Phi) is 6.33. The number of hydrogen-bond donors (Lipinski definition) is 0. The molecule has 4 heteroatoms. The first kappa shape index (κ1) is 20.0. The van der Waals surface area contributed by atoms with E-state index in [9.17, 15) is 4.79 Å². The summed E-state index contributed by atoms with van der Waals surface area (Å²) in [6, 6.07) is 27.1. The second-order valence-corrected chi connectivity index (χ2v) is 7.72. The van der Waals surface area contributed by atoms with Gasteiger partial charge >= 0.3 is 6.09 Å². The Morgan fingerprint density at radius 1 is 0.867 bits per heavy atom. The van der Waals surface area contributed by atoms with E-state index in [0.29, 0.717) is 13.2 Å². The molecule has 4 nitrogen and oxygen atoms in total. The fourth-order valence-electron chi connectivity index (χ4n) is 4.00. The SMILES string of the molecule is CN(CCCN1c2ccccc2CCc2ccccc21)C(=O)OCc1ccccc1. The normalized spacial score (nSPS) is 12.5. The molecule has 0 aliphatic carbocycles. The van der Waals surface area contributed by atoms with E-state index in [1.165, 1.54) is 22.5 Å². The number of rotatable bonds is 6. The monoisotopic (exact) mass is 400 g/mol. The van der Waals surface area contributed by atoms with E-state index < -0.39 is 0 Å². The van der Waals surface area contributed by atoms with Gasteiger partial charge in [0.15, 0.2) is 0 Å². The lowest BCUT2D eigenvalue weighted by molar-refractivity contribution is 0.104. The number of benzene rings is 3. The molecule has 30 heavy (non-hydrogen) atoms. The third-order valence-electron chi connectivity index (χ3n) is 5.62. The molecule has 3 aromatic rings. The van der Waals surface area contributed by atoms with Gasteiger partial charge in [0, 0.05) is 31.5 Å². The topological polar surface area (TPSA) is 32.8 Å². The summed E-state index contributed by atoms with van der Waals surface area (Å²) in [7, 11) is 1.80. The first-order valence-electron chi connectivity index (χ1n) is 10.6. The average molecular weight is 401 g/mol. The molecule has 4 rings (SSSR count). The number of fused-ring (bicyclic) bond motifs is 2. The van der Waals surface area contributed by atoms with E-state index >= 15 is 0 Å². The zero-order chi connectivity index (χ0) is 20.8. The molecule has 0 saturated heterocycles. The van der Waals surface area contributed by atoms with Crippen molar-refractivity contribution >= 4 is 17.5 Å². The second kappa shape index (κ2) is 9.49. The summed E-state index contributed by atoms with van der Waals surface area (Å²) in [5.74, 6) is 0. The fraction of sp³-hybridized carbons (Fsp3) is 0.269. The molecule has 0 unspecified atom stereocenters. The zero-order valence-corrected chi connectivity index (χ0v) is 17.5. The summed E-state index contributed by atoms with van der Waals surface area (Å²) in [4.78, 5) is 16.4. The first-order chi connectivity index (χ1) is 14.7. The van der Waals surface area contributed by atoms with E-state index in [-0.39, 0.29) is 6.09 Å². The number of carbonyl (C=O) groups is 1. The Labute approximate surface area is 178 Å². The minimum Gasteiger partial charge on any atom is -0.445 e. The summed E-state index contributed by atoms with van der Waals surface area (Å²) < 4.78 is 5.44. The van der Waals surface area contributed by atoms with Crippen molar-refractivity contribution in [2.24, 2.45) is 0 Å². The molecule has 0 bridgehead atoms. The summed E-state index contributed by atoms with van der Waals surface area (Å²) in [6.07, 6.45) is 2.68. The van der Waals surface area contributed by atoms with Crippen molar-refractivity contribution in [2.45, 2.75) is 25.9 Å². The summed E-state index contributed by atoms with van der Waals surface area (Å²) in [5.41, 5.74) is 6.30. The van der Waals surface area contributed by atoms with E-state index in [4.69, 9.17) is 4.74 Å². The molecule has 0 spiro atoms. The largest absolute Gasteiger partial charge is 0.445 e. The van der Waals surface area contributed by atoms with Crippen LogP contribution in [0, 0.1) is 0 Å². The van der Waals surface area contributed by atoms with Gasteiger partial charge in [-0.15, -0.1) is 0 Å². The summed E-state index contributed by atoms with van der Waals surface area (Å²) in [6.45, 7) is 1.80. The Hall–Kier alpha value is -3.27. The van der Waals surface area contributed by atoms with E-state index in [1.54, 1.807) is 11.9 Å². The van der Waals surface area contributed by atoms with Crippen LogP contribution in [0.2, 0.25) is 0 Å². The van der Waals surface area contributed by atoms with Crippen molar-refractivity contribution in [3.63, 3.8) is 0 Å². The second-order valence-electron chi connectivity index (χ2n) is 7.72. The lowest BCUT2D eigenvalue weighted by Gasteiger charge is -2.28. The van der Waals surface area contributed by atoms with Gasteiger partial charge in [0.1, 0.15) is 6.61 Å². The lowest BCUT2D eigenvalue weighted by Crippen LogP contribution is -2.31. The molecule has 1 heterocycles. The smallest absolute Gasteiger partial charge is 0.409 e. The maximum Gasteiger partial charge on any atom is 0.409 e. The van der Waals surface area contributed by atoms with Gasteiger partial charge in [0.05, 0.1) is 0 Å². The number of carbonyl (C=O) groups excluding carboxylic acids is 1. The Morgan fingerprint density at radius 3 is 2.07 bits per heavy atom.